The molecular weight excluding hydrogens is 653 g/mol. The van der Waals surface area contributed by atoms with Crippen molar-refractivity contribution in [2.24, 2.45) is 5.92 Å². The average Bonchev–Trinajstić information content (AvgIpc) is 3.06. The molecule has 4 aromatic carbocycles. The molecule has 0 aliphatic rings. The van der Waals surface area contributed by atoms with Gasteiger partial charge in [0, 0.05) is 35.1 Å². The summed E-state index contributed by atoms with van der Waals surface area (Å²) in [4.78, 5) is 30.0. The second kappa shape index (κ2) is 16.3. The molecule has 0 aliphatic heterocycles. The van der Waals surface area contributed by atoms with Crippen LogP contribution in [0.1, 0.15) is 50.3 Å². The van der Waals surface area contributed by atoms with Gasteiger partial charge in [0.05, 0.1) is 10.6 Å². The number of carbonyl (C=O) groups excluding carboxylic acids is 2. The number of hydrogen-bond acceptors (Lipinski definition) is 4. The number of hydrogen-bond donors (Lipinski definition) is 1. The zero-order valence-electron chi connectivity index (χ0n) is 27.1. The molecule has 0 saturated heterocycles. The summed E-state index contributed by atoms with van der Waals surface area (Å²) in [6, 6.07) is 28.5. The highest BCUT2D eigenvalue weighted by Crippen LogP contribution is 2.29. The number of amides is 2. The van der Waals surface area contributed by atoms with Crippen LogP contribution in [0.5, 0.6) is 0 Å². The number of halogens is 2. The van der Waals surface area contributed by atoms with Gasteiger partial charge in [0.25, 0.3) is 10.0 Å². The fourth-order valence-electron chi connectivity index (χ4n) is 5.10. The largest absolute Gasteiger partial charge is 0.354 e. The first-order chi connectivity index (χ1) is 22.4. The van der Waals surface area contributed by atoms with Crippen LogP contribution in [0.25, 0.3) is 0 Å². The van der Waals surface area contributed by atoms with E-state index in [1.165, 1.54) is 17.0 Å². The Kier molecular flexibility index (Phi) is 12.5. The fourth-order valence-corrected chi connectivity index (χ4v) is 7.06. The molecule has 1 N–H and O–H groups in total. The van der Waals surface area contributed by atoms with Crippen molar-refractivity contribution in [3.63, 3.8) is 0 Å². The summed E-state index contributed by atoms with van der Waals surface area (Å²) in [5.41, 5.74) is 2.64. The summed E-state index contributed by atoms with van der Waals surface area (Å²) in [5, 5.41) is 3.64. The number of nitrogens with one attached hydrogen (secondary N) is 1. The highest BCUT2D eigenvalue weighted by molar-refractivity contribution is 7.92. The van der Waals surface area contributed by atoms with Crippen LogP contribution in [-0.2, 0) is 32.6 Å². The van der Waals surface area contributed by atoms with Crippen molar-refractivity contribution < 1.29 is 18.0 Å². The van der Waals surface area contributed by atoms with Gasteiger partial charge in [0.1, 0.15) is 12.6 Å². The Labute approximate surface area is 288 Å². The molecule has 47 heavy (non-hydrogen) atoms. The van der Waals surface area contributed by atoms with Crippen LogP contribution in [-0.4, -0.2) is 44.3 Å². The van der Waals surface area contributed by atoms with Gasteiger partial charge in [-0.05, 0) is 59.4 Å². The normalized spacial score (nSPS) is 12.2. The van der Waals surface area contributed by atoms with Crippen molar-refractivity contribution in [3.05, 3.63) is 130 Å². The van der Waals surface area contributed by atoms with Crippen LogP contribution in [0, 0.1) is 5.92 Å². The number of sulfonamides is 1. The fraction of sp³-hybridized carbons (Fsp3) is 0.297. The second-order valence-corrected chi connectivity index (χ2v) is 14.8. The first kappa shape index (κ1) is 36.0. The van der Waals surface area contributed by atoms with E-state index in [1.54, 1.807) is 48.5 Å². The van der Waals surface area contributed by atoms with Crippen LogP contribution in [0.15, 0.2) is 108 Å². The average molecular weight is 695 g/mol. The second-order valence-electron chi connectivity index (χ2n) is 12.1. The van der Waals surface area contributed by atoms with E-state index in [4.69, 9.17) is 23.2 Å². The molecule has 1 atom stereocenters. The van der Waals surface area contributed by atoms with E-state index in [-0.39, 0.29) is 35.6 Å². The van der Waals surface area contributed by atoms with Gasteiger partial charge in [-0.15, -0.1) is 0 Å². The number of benzene rings is 4. The molecule has 10 heteroatoms. The smallest absolute Gasteiger partial charge is 0.264 e. The lowest BCUT2D eigenvalue weighted by molar-refractivity contribution is -0.140. The van der Waals surface area contributed by atoms with E-state index in [9.17, 15) is 18.0 Å². The molecule has 2 amide bonds. The Hall–Kier alpha value is -3.85. The van der Waals surface area contributed by atoms with Crippen molar-refractivity contribution in [3.8, 4) is 0 Å². The van der Waals surface area contributed by atoms with Crippen molar-refractivity contribution in [2.75, 3.05) is 17.4 Å². The minimum absolute atomic E-state index is 0.0388. The number of rotatable bonds is 14. The monoisotopic (exact) mass is 693 g/mol. The van der Waals surface area contributed by atoms with Crippen LogP contribution in [0.3, 0.4) is 0 Å². The van der Waals surface area contributed by atoms with Gasteiger partial charge in [0.2, 0.25) is 11.8 Å². The quantitative estimate of drug-likeness (QED) is 0.147. The van der Waals surface area contributed by atoms with E-state index in [0.717, 1.165) is 15.4 Å². The lowest BCUT2D eigenvalue weighted by Gasteiger charge is -2.34. The first-order valence-corrected chi connectivity index (χ1v) is 17.8. The van der Waals surface area contributed by atoms with Crippen LogP contribution in [0.4, 0.5) is 5.69 Å². The van der Waals surface area contributed by atoms with Gasteiger partial charge in [-0.25, -0.2) is 8.42 Å². The Morgan fingerprint density at radius 1 is 0.766 bits per heavy atom. The third-order valence-electron chi connectivity index (χ3n) is 7.80. The zero-order valence-corrected chi connectivity index (χ0v) is 29.4. The van der Waals surface area contributed by atoms with Crippen molar-refractivity contribution >= 4 is 50.7 Å². The molecule has 0 bridgehead atoms. The molecule has 0 spiro atoms. The highest BCUT2D eigenvalue weighted by atomic mass is 35.5. The van der Waals surface area contributed by atoms with Crippen LogP contribution >= 0.6 is 23.2 Å². The summed E-state index contributed by atoms with van der Waals surface area (Å²) in [7, 11) is -4.20. The number of nitrogens with zero attached hydrogens (tertiary/aromatic N) is 2. The van der Waals surface area contributed by atoms with E-state index in [1.807, 2.05) is 70.2 Å². The molecule has 0 radical (unpaired) electrons. The van der Waals surface area contributed by atoms with Gasteiger partial charge in [0.15, 0.2) is 0 Å². The maximum atomic E-state index is 14.6. The summed E-state index contributed by atoms with van der Waals surface area (Å²) in [6.07, 6.45) is 0.188. The predicted octanol–water partition coefficient (Wildman–Crippen LogP) is 7.72. The van der Waals surface area contributed by atoms with E-state index >= 15 is 0 Å². The number of anilines is 1. The minimum atomic E-state index is -4.20. The third kappa shape index (κ3) is 9.37. The Bertz CT molecular complexity index is 1730. The Balaban J connectivity index is 1.83. The zero-order chi connectivity index (χ0) is 34.1. The van der Waals surface area contributed by atoms with E-state index in [0.29, 0.717) is 27.8 Å². The Morgan fingerprint density at radius 3 is 1.89 bits per heavy atom. The minimum Gasteiger partial charge on any atom is -0.354 e. The molecular formula is C37H41Cl2N3O4S. The van der Waals surface area contributed by atoms with Gasteiger partial charge in [-0.3, -0.25) is 13.9 Å². The summed E-state index contributed by atoms with van der Waals surface area (Å²) < 4.78 is 29.5. The van der Waals surface area contributed by atoms with Crippen LogP contribution in [0.2, 0.25) is 10.0 Å². The van der Waals surface area contributed by atoms with Crippen molar-refractivity contribution in [2.45, 2.75) is 57.5 Å². The Morgan fingerprint density at radius 2 is 1.34 bits per heavy atom. The summed E-state index contributed by atoms with van der Waals surface area (Å²) >= 11 is 13.2. The lowest BCUT2D eigenvalue weighted by atomic mass is 10.0. The SMILES string of the molecule is CC(C)CNC(=O)C(Cc1ccccc1)N(Cc1c(Cl)cccc1Cl)C(=O)CN(c1ccc(C(C)C)cc1)S(=O)(=O)c1ccccc1. The molecule has 1 unspecified atom stereocenters. The molecule has 248 valence electrons. The standard InChI is InChI=1S/C37H41Cl2N3O4S/c1-26(2)23-40-37(44)35(22-28-12-7-5-8-13-28)41(24-32-33(38)16-11-17-34(32)39)36(43)25-42(30-20-18-29(19-21-30)27(3)4)47(45,46)31-14-9-6-10-15-31/h5-21,26-27,35H,22-25H2,1-4H3,(H,40,44). The topological polar surface area (TPSA) is 86.8 Å². The van der Waals surface area contributed by atoms with Crippen molar-refractivity contribution in [1.82, 2.24) is 10.2 Å². The van der Waals surface area contributed by atoms with Gasteiger partial charge < -0.3 is 10.2 Å². The molecule has 4 rings (SSSR count). The molecule has 0 aliphatic carbocycles. The summed E-state index contributed by atoms with van der Waals surface area (Å²) in [5.74, 6) is -0.561. The molecule has 7 nitrogen and oxygen atoms in total. The molecule has 0 saturated carbocycles. The highest BCUT2D eigenvalue weighted by Gasteiger charge is 2.35. The molecule has 0 fully saturated rings. The molecule has 0 aromatic heterocycles. The third-order valence-corrected chi connectivity index (χ3v) is 10.3. The molecule has 4 aromatic rings. The maximum absolute atomic E-state index is 14.6. The van der Waals surface area contributed by atoms with E-state index in [2.05, 4.69) is 5.32 Å². The molecule has 0 heterocycles. The number of carbonyl (C=O) groups is 2. The van der Waals surface area contributed by atoms with Gasteiger partial charge >= 0.3 is 0 Å². The lowest BCUT2D eigenvalue weighted by Crippen LogP contribution is -2.53. The maximum Gasteiger partial charge on any atom is 0.264 e. The van der Waals surface area contributed by atoms with Gasteiger partial charge in [-0.2, -0.15) is 0 Å². The van der Waals surface area contributed by atoms with Gasteiger partial charge in [-0.1, -0.05) is 118 Å². The predicted molar refractivity (Wildman–Crippen MR) is 190 cm³/mol. The van der Waals surface area contributed by atoms with Crippen LogP contribution < -0.4 is 9.62 Å². The summed E-state index contributed by atoms with van der Waals surface area (Å²) in [6.45, 7) is 7.78. The van der Waals surface area contributed by atoms with E-state index < -0.39 is 28.5 Å². The van der Waals surface area contributed by atoms with Crippen molar-refractivity contribution in [1.29, 1.82) is 0 Å². The first-order valence-electron chi connectivity index (χ1n) is 15.6.